The highest BCUT2D eigenvalue weighted by Gasteiger charge is 2.30. The molecule has 21 heavy (non-hydrogen) atoms. The van der Waals surface area contributed by atoms with Gasteiger partial charge in [-0.25, -0.2) is 0 Å². The van der Waals surface area contributed by atoms with Crippen molar-refractivity contribution in [2.75, 3.05) is 11.9 Å². The third-order valence-electron chi connectivity index (χ3n) is 3.96. The van der Waals surface area contributed by atoms with E-state index in [0.29, 0.717) is 16.7 Å². The lowest BCUT2D eigenvalue weighted by Gasteiger charge is -2.29. The van der Waals surface area contributed by atoms with E-state index in [9.17, 15) is 14.9 Å². The third-order valence-corrected chi connectivity index (χ3v) is 4.63. The highest BCUT2D eigenvalue weighted by Crippen LogP contribution is 2.32. The molecule has 0 spiro atoms. The number of nitrogens with zero attached hydrogens (tertiary/aromatic N) is 1. The Hall–Kier alpha value is -1.47. The van der Waals surface area contributed by atoms with Gasteiger partial charge in [-0.2, -0.15) is 0 Å². The normalized spacial score (nSPS) is 21.8. The van der Waals surface area contributed by atoms with E-state index < -0.39 is 4.92 Å². The molecule has 7 heteroatoms. The molecule has 0 radical (unpaired) electrons. The van der Waals surface area contributed by atoms with Gasteiger partial charge in [-0.05, 0) is 53.4 Å². The van der Waals surface area contributed by atoms with Crippen LogP contribution in [0.5, 0.6) is 0 Å². The molecule has 2 rings (SSSR count). The van der Waals surface area contributed by atoms with Crippen molar-refractivity contribution in [1.29, 1.82) is 0 Å². The van der Waals surface area contributed by atoms with E-state index >= 15 is 0 Å². The van der Waals surface area contributed by atoms with Crippen molar-refractivity contribution in [2.45, 2.75) is 25.7 Å². The van der Waals surface area contributed by atoms with Gasteiger partial charge >= 0.3 is 0 Å². The van der Waals surface area contributed by atoms with E-state index in [1.807, 2.05) is 0 Å². The number of hydrogen-bond acceptors (Lipinski definition) is 4. The summed E-state index contributed by atoms with van der Waals surface area (Å²) in [4.78, 5) is 22.8. The number of amides is 1. The molecule has 0 saturated heterocycles. The number of anilines is 1. The number of nitrogens with one attached hydrogen (secondary N) is 1. The highest BCUT2D eigenvalue weighted by molar-refractivity contribution is 9.10. The average molecular weight is 356 g/mol. The molecule has 1 saturated carbocycles. The van der Waals surface area contributed by atoms with Crippen LogP contribution in [0.2, 0.25) is 0 Å². The van der Waals surface area contributed by atoms with Crippen LogP contribution in [0.25, 0.3) is 0 Å². The molecular formula is C14H18BrN3O3. The number of hydrogen-bond donors (Lipinski definition) is 2. The van der Waals surface area contributed by atoms with E-state index in [1.165, 1.54) is 6.07 Å². The van der Waals surface area contributed by atoms with Crippen molar-refractivity contribution < 1.29 is 9.72 Å². The number of benzene rings is 1. The minimum atomic E-state index is -0.483. The van der Waals surface area contributed by atoms with Gasteiger partial charge in [0.2, 0.25) is 5.91 Å². The molecule has 0 bridgehead atoms. The Morgan fingerprint density at radius 2 is 2.14 bits per heavy atom. The number of carbonyl (C=O) groups excluding carboxylic acids is 1. The molecule has 0 aromatic heterocycles. The predicted molar refractivity (Wildman–Crippen MR) is 83.9 cm³/mol. The zero-order valence-corrected chi connectivity index (χ0v) is 13.1. The molecule has 2 atom stereocenters. The standard InChI is InChI=1S/C14H18BrN3O3/c15-12-6-5-10(7-13(12)18(20)21)17-14(19)11-4-2-1-3-9(11)8-16/h5-7,9,11H,1-4,8,16H2,(H,17,19). The third kappa shape index (κ3) is 3.79. The molecule has 0 aliphatic heterocycles. The predicted octanol–water partition coefficient (Wildman–Crippen LogP) is 3.06. The number of nitro groups is 1. The van der Waals surface area contributed by atoms with Crippen LogP contribution in [0.15, 0.2) is 22.7 Å². The van der Waals surface area contributed by atoms with Gasteiger partial charge in [-0.1, -0.05) is 12.8 Å². The van der Waals surface area contributed by atoms with Crippen molar-refractivity contribution in [3.8, 4) is 0 Å². The lowest BCUT2D eigenvalue weighted by Crippen LogP contribution is -2.35. The van der Waals surface area contributed by atoms with Gasteiger partial charge in [0.1, 0.15) is 0 Å². The molecule has 2 unspecified atom stereocenters. The summed E-state index contributed by atoms with van der Waals surface area (Å²) in [5.41, 5.74) is 6.11. The second-order valence-electron chi connectivity index (χ2n) is 5.30. The van der Waals surface area contributed by atoms with E-state index in [4.69, 9.17) is 5.73 Å². The molecule has 3 N–H and O–H groups in total. The minimum Gasteiger partial charge on any atom is -0.330 e. The first-order valence-corrected chi connectivity index (χ1v) is 7.77. The van der Waals surface area contributed by atoms with Crippen molar-refractivity contribution in [3.63, 3.8) is 0 Å². The van der Waals surface area contributed by atoms with Gasteiger partial charge in [-0.3, -0.25) is 14.9 Å². The van der Waals surface area contributed by atoms with E-state index in [0.717, 1.165) is 25.7 Å². The van der Waals surface area contributed by atoms with Crippen molar-refractivity contribution in [1.82, 2.24) is 0 Å². The van der Waals surface area contributed by atoms with E-state index in [1.54, 1.807) is 12.1 Å². The summed E-state index contributed by atoms with van der Waals surface area (Å²) in [6, 6.07) is 4.58. The SMILES string of the molecule is NCC1CCCCC1C(=O)Nc1ccc(Br)c([N+](=O)[O-])c1. The number of nitro benzene ring substituents is 1. The minimum absolute atomic E-state index is 0.0631. The molecule has 1 aliphatic rings. The van der Waals surface area contributed by atoms with Crippen molar-refractivity contribution in [2.24, 2.45) is 17.6 Å². The Morgan fingerprint density at radius 1 is 1.43 bits per heavy atom. The molecule has 114 valence electrons. The van der Waals surface area contributed by atoms with Crippen LogP contribution in [0.3, 0.4) is 0 Å². The number of halogens is 1. The number of nitrogens with two attached hydrogens (primary N) is 1. The Balaban J connectivity index is 2.12. The molecule has 1 fully saturated rings. The molecule has 0 heterocycles. The average Bonchev–Trinajstić information content (AvgIpc) is 2.48. The van der Waals surface area contributed by atoms with Crippen molar-refractivity contribution >= 4 is 33.2 Å². The number of carbonyl (C=O) groups is 1. The summed E-state index contributed by atoms with van der Waals surface area (Å²) in [7, 11) is 0. The molecule has 1 aromatic carbocycles. The van der Waals surface area contributed by atoms with Crippen LogP contribution in [-0.2, 0) is 4.79 Å². The van der Waals surface area contributed by atoms with Gasteiger partial charge in [0.15, 0.2) is 0 Å². The second-order valence-corrected chi connectivity index (χ2v) is 6.15. The maximum Gasteiger partial charge on any atom is 0.285 e. The van der Waals surface area contributed by atoms with Crippen LogP contribution in [0.4, 0.5) is 11.4 Å². The summed E-state index contributed by atoms with van der Waals surface area (Å²) in [6.45, 7) is 0.499. The lowest BCUT2D eigenvalue weighted by atomic mass is 9.78. The Labute approximate surface area is 131 Å². The van der Waals surface area contributed by atoms with Crippen LogP contribution < -0.4 is 11.1 Å². The molecular weight excluding hydrogens is 338 g/mol. The fourth-order valence-corrected chi connectivity index (χ4v) is 3.19. The van der Waals surface area contributed by atoms with Gasteiger partial charge in [-0.15, -0.1) is 0 Å². The van der Waals surface area contributed by atoms with Gasteiger partial charge in [0, 0.05) is 17.7 Å². The largest absolute Gasteiger partial charge is 0.330 e. The summed E-state index contributed by atoms with van der Waals surface area (Å²) in [5.74, 6) is -0.00240. The van der Waals surface area contributed by atoms with Crippen LogP contribution >= 0.6 is 15.9 Å². The molecule has 6 nitrogen and oxygen atoms in total. The van der Waals surface area contributed by atoms with E-state index in [-0.39, 0.29) is 23.4 Å². The molecule has 1 aromatic rings. The summed E-state index contributed by atoms with van der Waals surface area (Å²) >= 11 is 3.12. The smallest absolute Gasteiger partial charge is 0.285 e. The first-order valence-electron chi connectivity index (χ1n) is 6.97. The van der Waals surface area contributed by atoms with Crippen LogP contribution in [0.1, 0.15) is 25.7 Å². The van der Waals surface area contributed by atoms with Crippen LogP contribution in [-0.4, -0.2) is 17.4 Å². The fourth-order valence-electron chi connectivity index (χ4n) is 2.80. The Morgan fingerprint density at radius 3 is 2.81 bits per heavy atom. The monoisotopic (exact) mass is 355 g/mol. The van der Waals surface area contributed by atoms with Crippen molar-refractivity contribution in [3.05, 3.63) is 32.8 Å². The summed E-state index contributed by atoms with van der Waals surface area (Å²) < 4.78 is 0.392. The fraction of sp³-hybridized carbons (Fsp3) is 0.500. The van der Waals surface area contributed by atoms with Gasteiger partial charge < -0.3 is 11.1 Å². The first-order chi connectivity index (χ1) is 10.0. The molecule has 1 aliphatic carbocycles. The Kier molecular flexibility index (Phi) is 5.30. The second kappa shape index (κ2) is 7.00. The maximum atomic E-state index is 12.4. The lowest BCUT2D eigenvalue weighted by molar-refractivity contribution is -0.385. The zero-order chi connectivity index (χ0) is 15.4. The highest BCUT2D eigenvalue weighted by atomic mass is 79.9. The Bertz CT molecular complexity index is 550. The first kappa shape index (κ1) is 15.9. The van der Waals surface area contributed by atoms with Gasteiger partial charge in [0.25, 0.3) is 5.69 Å². The van der Waals surface area contributed by atoms with E-state index in [2.05, 4.69) is 21.2 Å². The zero-order valence-electron chi connectivity index (χ0n) is 11.5. The quantitative estimate of drug-likeness (QED) is 0.640. The van der Waals surface area contributed by atoms with Gasteiger partial charge in [0.05, 0.1) is 9.40 Å². The summed E-state index contributed by atoms with van der Waals surface area (Å²) in [5, 5.41) is 13.7. The number of rotatable bonds is 4. The maximum absolute atomic E-state index is 12.4. The topological polar surface area (TPSA) is 98.3 Å². The molecule has 1 amide bonds. The summed E-state index contributed by atoms with van der Waals surface area (Å²) in [6.07, 6.45) is 3.92. The van der Waals surface area contributed by atoms with Crippen LogP contribution in [0, 0.1) is 22.0 Å².